The van der Waals surface area contributed by atoms with Crippen LogP contribution in [0.2, 0.25) is 0 Å². The summed E-state index contributed by atoms with van der Waals surface area (Å²) < 4.78 is 12.9. The van der Waals surface area contributed by atoms with Gasteiger partial charge in [-0.05, 0) is 31.9 Å². The van der Waals surface area contributed by atoms with Crippen LogP contribution >= 0.6 is 11.8 Å². The fourth-order valence-electron chi connectivity index (χ4n) is 0.890. The van der Waals surface area contributed by atoms with Crippen LogP contribution in [0.4, 0.5) is 4.39 Å². The zero-order valence-corrected chi connectivity index (χ0v) is 8.45. The Morgan fingerprint density at radius 3 is 2.58 bits per heavy atom. The summed E-state index contributed by atoms with van der Waals surface area (Å²) in [6, 6.07) is -0.327. The molecule has 0 radical (unpaired) electrons. The Kier molecular flexibility index (Phi) is 7.96. The Hall–Kier alpha value is 0.200. The van der Waals surface area contributed by atoms with Crippen molar-refractivity contribution in [2.75, 3.05) is 11.6 Å². The summed E-state index contributed by atoms with van der Waals surface area (Å²) in [5, 5.41) is 0. The highest BCUT2D eigenvalue weighted by atomic mass is 32.2. The van der Waals surface area contributed by atoms with E-state index in [-0.39, 0.29) is 6.04 Å². The van der Waals surface area contributed by atoms with E-state index in [2.05, 4.69) is 0 Å². The second-order valence-electron chi connectivity index (χ2n) is 2.95. The average molecular weight is 194 g/mol. The first-order valence-electron chi connectivity index (χ1n) is 4.36. The molecule has 2 nitrogen and oxygen atoms in total. The molecule has 4 heteroatoms. The van der Waals surface area contributed by atoms with Crippen molar-refractivity contribution >= 4 is 11.8 Å². The molecule has 0 aromatic heterocycles. The lowest BCUT2D eigenvalue weighted by Crippen LogP contribution is -2.27. The number of nitrogens with two attached hydrogens (primary N) is 2. The summed E-state index contributed by atoms with van der Waals surface area (Å²) in [4.78, 5) is 0. The van der Waals surface area contributed by atoms with Crippen LogP contribution in [0.1, 0.15) is 26.2 Å². The molecule has 0 aromatic rings. The molecule has 0 saturated carbocycles. The van der Waals surface area contributed by atoms with Gasteiger partial charge in [-0.25, -0.2) is 4.39 Å². The van der Waals surface area contributed by atoms with Gasteiger partial charge in [0.2, 0.25) is 0 Å². The monoisotopic (exact) mass is 194 g/mol. The van der Waals surface area contributed by atoms with Gasteiger partial charge in [0, 0.05) is 11.9 Å². The van der Waals surface area contributed by atoms with E-state index >= 15 is 0 Å². The highest BCUT2D eigenvalue weighted by Crippen LogP contribution is 2.09. The van der Waals surface area contributed by atoms with Gasteiger partial charge in [-0.3, -0.25) is 0 Å². The lowest BCUT2D eigenvalue weighted by Gasteiger charge is -2.10. The Balaban J connectivity index is 3.08. The van der Waals surface area contributed by atoms with Crippen LogP contribution in [0.3, 0.4) is 0 Å². The maximum atomic E-state index is 12.9. The molecule has 4 N–H and O–H groups in total. The number of unbranched alkanes of at least 4 members (excludes halogenated alkanes) is 1. The van der Waals surface area contributed by atoms with Crippen molar-refractivity contribution < 1.29 is 4.39 Å². The quantitative estimate of drug-likeness (QED) is 0.477. The van der Waals surface area contributed by atoms with Gasteiger partial charge in [0.15, 0.2) is 0 Å². The number of hydrogen-bond acceptors (Lipinski definition) is 3. The number of alkyl halides is 1. The minimum atomic E-state index is -0.840. The number of halogens is 1. The lowest BCUT2D eigenvalue weighted by atomic mass is 10.1. The second kappa shape index (κ2) is 7.83. The minimum Gasteiger partial charge on any atom is -0.325 e. The van der Waals surface area contributed by atoms with Gasteiger partial charge in [0.25, 0.3) is 0 Å². The molecule has 0 saturated heterocycles. The fraction of sp³-hybridized carbons (Fsp3) is 1.00. The van der Waals surface area contributed by atoms with Crippen LogP contribution < -0.4 is 11.5 Å². The highest BCUT2D eigenvalue weighted by Gasteiger charge is 2.10. The summed E-state index contributed by atoms with van der Waals surface area (Å²) in [5.41, 5.74) is 10.7. The first kappa shape index (κ1) is 12.2. The summed E-state index contributed by atoms with van der Waals surface area (Å²) >= 11 is 1.69. The van der Waals surface area contributed by atoms with E-state index in [1.165, 1.54) is 0 Å². The molecular formula is C8H19FN2S. The van der Waals surface area contributed by atoms with Crippen molar-refractivity contribution in [1.29, 1.82) is 0 Å². The third-order valence-electron chi connectivity index (χ3n) is 1.71. The maximum Gasteiger partial charge on any atom is 0.115 e. The summed E-state index contributed by atoms with van der Waals surface area (Å²) in [5.74, 6) is 1.69. The molecule has 12 heavy (non-hydrogen) atoms. The standard InChI is InChI=1S/C8H19FN2S/c1-7(11)8(9)4-2-3-5-12-6-10/h7-8H,2-6,10-11H2,1H3. The van der Waals surface area contributed by atoms with E-state index in [1.807, 2.05) is 0 Å². The lowest BCUT2D eigenvalue weighted by molar-refractivity contribution is 0.270. The van der Waals surface area contributed by atoms with Crippen LogP contribution in [-0.2, 0) is 0 Å². The minimum absolute atomic E-state index is 0.327. The van der Waals surface area contributed by atoms with Crippen molar-refractivity contribution in [1.82, 2.24) is 0 Å². The van der Waals surface area contributed by atoms with Crippen molar-refractivity contribution in [3.63, 3.8) is 0 Å². The Labute approximate surface area is 78.3 Å². The molecule has 2 unspecified atom stereocenters. The van der Waals surface area contributed by atoms with E-state index in [0.29, 0.717) is 12.3 Å². The SMILES string of the molecule is CC(N)C(F)CCCCSCN. The molecule has 74 valence electrons. The zero-order chi connectivity index (χ0) is 9.40. The van der Waals surface area contributed by atoms with Gasteiger partial charge < -0.3 is 11.5 Å². The Morgan fingerprint density at radius 1 is 1.42 bits per heavy atom. The normalized spacial score (nSPS) is 16.0. The van der Waals surface area contributed by atoms with Crippen LogP contribution in [0.15, 0.2) is 0 Å². The van der Waals surface area contributed by atoms with Crippen LogP contribution in [-0.4, -0.2) is 23.8 Å². The third kappa shape index (κ3) is 6.88. The van der Waals surface area contributed by atoms with Crippen molar-refractivity contribution in [2.24, 2.45) is 11.5 Å². The van der Waals surface area contributed by atoms with Gasteiger partial charge in [-0.1, -0.05) is 0 Å². The summed E-state index contributed by atoms with van der Waals surface area (Å²) in [7, 11) is 0. The highest BCUT2D eigenvalue weighted by molar-refractivity contribution is 7.99. The molecule has 0 aliphatic rings. The van der Waals surface area contributed by atoms with Crippen molar-refractivity contribution in [2.45, 2.75) is 38.4 Å². The molecule has 0 rings (SSSR count). The molecule has 0 aliphatic heterocycles. The summed E-state index contributed by atoms with van der Waals surface area (Å²) in [6.07, 6.45) is 1.70. The number of thioether (sulfide) groups is 1. The maximum absolute atomic E-state index is 12.9. The van der Waals surface area contributed by atoms with E-state index in [1.54, 1.807) is 18.7 Å². The number of rotatable bonds is 7. The van der Waals surface area contributed by atoms with Gasteiger partial charge in [-0.15, -0.1) is 11.8 Å². The predicted octanol–water partition coefficient (Wildman–Crippen LogP) is 1.49. The molecule has 0 heterocycles. The van der Waals surface area contributed by atoms with Gasteiger partial charge in [0.05, 0.1) is 0 Å². The fourth-order valence-corrected chi connectivity index (χ4v) is 1.46. The van der Waals surface area contributed by atoms with Gasteiger partial charge in [0.1, 0.15) is 6.17 Å². The summed E-state index contributed by atoms with van der Waals surface area (Å²) in [6.45, 7) is 1.71. The smallest absolute Gasteiger partial charge is 0.115 e. The van der Waals surface area contributed by atoms with E-state index in [4.69, 9.17) is 11.5 Å². The first-order valence-corrected chi connectivity index (χ1v) is 5.51. The first-order chi connectivity index (χ1) is 5.68. The topological polar surface area (TPSA) is 52.0 Å². The van der Waals surface area contributed by atoms with E-state index in [9.17, 15) is 4.39 Å². The Morgan fingerprint density at radius 2 is 2.08 bits per heavy atom. The molecule has 0 spiro atoms. The van der Waals surface area contributed by atoms with Crippen LogP contribution in [0.25, 0.3) is 0 Å². The van der Waals surface area contributed by atoms with Crippen molar-refractivity contribution in [3.05, 3.63) is 0 Å². The van der Waals surface area contributed by atoms with E-state index in [0.717, 1.165) is 18.6 Å². The molecular weight excluding hydrogens is 175 g/mol. The van der Waals surface area contributed by atoms with E-state index < -0.39 is 6.17 Å². The van der Waals surface area contributed by atoms with Crippen molar-refractivity contribution in [3.8, 4) is 0 Å². The third-order valence-corrected chi connectivity index (χ3v) is 2.52. The molecule has 0 amide bonds. The zero-order valence-electron chi connectivity index (χ0n) is 7.63. The molecule has 0 bridgehead atoms. The molecule has 0 fully saturated rings. The molecule has 2 atom stereocenters. The van der Waals surface area contributed by atoms with Gasteiger partial charge >= 0.3 is 0 Å². The van der Waals surface area contributed by atoms with Gasteiger partial charge in [-0.2, -0.15) is 0 Å². The van der Waals surface area contributed by atoms with Crippen LogP contribution in [0, 0.1) is 0 Å². The van der Waals surface area contributed by atoms with Crippen LogP contribution in [0.5, 0.6) is 0 Å². The second-order valence-corrected chi connectivity index (χ2v) is 4.10. The molecule has 0 aliphatic carbocycles. The Bertz CT molecular complexity index is 101. The predicted molar refractivity (Wildman–Crippen MR) is 53.9 cm³/mol. The number of hydrogen-bond donors (Lipinski definition) is 2. The molecule has 0 aromatic carbocycles. The largest absolute Gasteiger partial charge is 0.325 e. The average Bonchev–Trinajstić information content (AvgIpc) is 2.03.